The van der Waals surface area contributed by atoms with Gasteiger partial charge in [-0.05, 0) is 35.2 Å². The molecule has 2 heterocycles. The number of thioether (sulfide) groups is 1. The first-order valence-electron chi connectivity index (χ1n) is 6.75. The van der Waals surface area contributed by atoms with Crippen molar-refractivity contribution in [1.82, 2.24) is 25.5 Å². The second-order valence-corrected chi connectivity index (χ2v) is 6.11. The summed E-state index contributed by atoms with van der Waals surface area (Å²) in [6, 6.07) is 3.94. The predicted octanol–water partition coefficient (Wildman–Crippen LogP) is 1.77. The zero-order valence-corrected chi connectivity index (χ0v) is 13.2. The molecule has 1 aromatic carbocycles. The summed E-state index contributed by atoms with van der Waals surface area (Å²) in [4.78, 5) is 0. The van der Waals surface area contributed by atoms with Gasteiger partial charge in [-0.1, -0.05) is 23.4 Å². The quantitative estimate of drug-likeness (QED) is 0.817. The summed E-state index contributed by atoms with van der Waals surface area (Å²) in [5.74, 6) is 1.71. The van der Waals surface area contributed by atoms with Crippen molar-refractivity contribution >= 4 is 23.4 Å². The highest BCUT2D eigenvalue weighted by Crippen LogP contribution is 2.35. The van der Waals surface area contributed by atoms with Crippen molar-refractivity contribution in [3.63, 3.8) is 0 Å². The Balaban J connectivity index is 1.72. The van der Waals surface area contributed by atoms with Gasteiger partial charge in [0.05, 0.1) is 13.2 Å². The van der Waals surface area contributed by atoms with Crippen LogP contribution in [-0.2, 0) is 18.7 Å². The number of aromatic nitrogens is 4. The van der Waals surface area contributed by atoms with Crippen LogP contribution in [-0.4, -0.2) is 40.4 Å². The van der Waals surface area contributed by atoms with E-state index >= 15 is 0 Å². The summed E-state index contributed by atoms with van der Waals surface area (Å²) < 4.78 is 7.51. The zero-order chi connectivity index (χ0) is 14.7. The van der Waals surface area contributed by atoms with Crippen molar-refractivity contribution in [2.75, 3.05) is 20.2 Å². The third-order valence-corrected chi connectivity index (χ3v) is 4.48. The van der Waals surface area contributed by atoms with E-state index in [0.29, 0.717) is 0 Å². The van der Waals surface area contributed by atoms with Gasteiger partial charge in [-0.3, -0.25) is 0 Å². The molecule has 0 unspecified atom stereocenters. The fourth-order valence-corrected chi connectivity index (χ4v) is 3.39. The average Bonchev–Trinajstić information content (AvgIpc) is 3.10. The molecule has 1 N–H and O–H groups in total. The molecule has 1 aromatic heterocycles. The van der Waals surface area contributed by atoms with E-state index in [2.05, 4.69) is 20.8 Å². The van der Waals surface area contributed by atoms with Crippen LogP contribution in [0, 0.1) is 0 Å². The van der Waals surface area contributed by atoms with Gasteiger partial charge in [-0.25, -0.2) is 4.68 Å². The zero-order valence-electron chi connectivity index (χ0n) is 11.7. The first-order valence-corrected chi connectivity index (χ1v) is 8.12. The molecule has 0 fully saturated rings. The fraction of sp³-hybridized carbons (Fsp3) is 0.462. The van der Waals surface area contributed by atoms with Crippen molar-refractivity contribution in [2.45, 2.75) is 23.9 Å². The highest BCUT2D eigenvalue weighted by molar-refractivity contribution is 7.98. The van der Waals surface area contributed by atoms with E-state index in [0.717, 1.165) is 53.4 Å². The van der Waals surface area contributed by atoms with Gasteiger partial charge in [0.25, 0.3) is 0 Å². The normalized spacial score (nSPS) is 13.2. The molecule has 0 bridgehead atoms. The molecule has 21 heavy (non-hydrogen) atoms. The lowest BCUT2D eigenvalue weighted by atomic mass is 10.1. The van der Waals surface area contributed by atoms with Gasteiger partial charge >= 0.3 is 0 Å². The molecule has 8 heteroatoms. The Morgan fingerprint density at radius 3 is 3.24 bits per heavy atom. The maximum atomic E-state index is 6.17. The first-order chi connectivity index (χ1) is 10.3. The number of tetrazole rings is 1. The van der Waals surface area contributed by atoms with E-state index in [1.54, 1.807) is 16.4 Å². The van der Waals surface area contributed by atoms with E-state index in [1.807, 2.05) is 19.2 Å². The number of fused-ring (bicyclic) bond motifs is 1. The van der Waals surface area contributed by atoms with Crippen LogP contribution >= 0.6 is 23.4 Å². The lowest BCUT2D eigenvalue weighted by Crippen LogP contribution is -2.16. The second kappa shape index (κ2) is 6.64. The van der Waals surface area contributed by atoms with E-state index in [1.165, 1.54) is 5.56 Å². The minimum atomic E-state index is 0.729. The number of nitrogens with one attached hydrogen (secondary N) is 1. The van der Waals surface area contributed by atoms with E-state index in [9.17, 15) is 0 Å². The smallest absolute Gasteiger partial charge is 0.209 e. The molecular formula is C13H16ClN5OS. The third-order valence-electron chi connectivity index (χ3n) is 3.25. The van der Waals surface area contributed by atoms with Crippen LogP contribution in [0.4, 0.5) is 0 Å². The molecule has 0 amide bonds. The number of benzene rings is 1. The van der Waals surface area contributed by atoms with Gasteiger partial charge in [0.1, 0.15) is 5.75 Å². The standard InChI is InChI=1S/C13H16ClN5OS/c1-15-3-4-19-13(16-17-18-19)21-8-10-7-11(14)6-9-2-5-20-12(9)10/h6-7,15H,2-5,8H2,1H3. The Hall–Kier alpha value is -1.31. The minimum Gasteiger partial charge on any atom is -0.493 e. The highest BCUT2D eigenvalue weighted by atomic mass is 35.5. The largest absolute Gasteiger partial charge is 0.493 e. The lowest BCUT2D eigenvalue weighted by Gasteiger charge is -2.09. The third kappa shape index (κ3) is 3.30. The summed E-state index contributed by atoms with van der Waals surface area (Å²) in [7, 11) is 1.91. The van der Waals surface area contributed by atoms with Gasteiger partial charge in [0.15, 0.2) is 0 Å². The minimum absolute atomic E-state index is 0.729. The van der Waals surface area contributed by atoms with E-state index in [-0.39, 0.29) is 0 Å². The number of hydrogen-bond acceptors (Lipinski definition) is 6. The summed E-state index contributed by atoms with van der Waals surface area (Å²) in [6.07, 6.45) is 0.924. The molecule has 1 aliphatic rings. The molecule has 3 rings (SSSR count). The Morgan fingerprint density at radius 1 is 1.48 bits per heavy atom. The Bertz CT molecular complexity index is 633. The first kappa shape index (κ1) is 14.6. The molecule has 0 saturated carbocycles. The summed E-state index contributed by atoms with van der Waals surface area (Å²) in [6.45, 7) is 2.30. The predicted molar refractivity (Wildman–Crippen MR) is 82.0 cm³/mol. The molecule has 0 aliphatic carbocycles. The van der Waals surface area contributed by atoms with Crippen LogP contribution < -0.4 is 10.1 Å². The summed E-state index contributed by atoms with van der Waals surface area (Å²) in [5.41, 5.74) is 2.29. The highest BCUT2D eigenvalue weighted by Gasteiger charge is 2.18. The monoisotopic (exact) mass is 325 g/mol. The number of rotatable bonds is 6. The van der Waals surface area contributed by atoms with E-state index in [4.69, 9.17) is 16.3 Å². The molecule has 0 spiro atoms. The number of ether oxygens (including phenoxy) is 1. The molecule has 112 valence electrons. The van der Waals surface area contributed by atoms with Gasteiger partial charge in [-0.2, -0.15) is 0 Å². The lowest BCUT2D eigenvalue weighted by molar-refractivity contribution is 0.354. The Kier molecular flexibility index (Phi) is 4.62. The molecular weight excluding hydrogens is 310 g/mol. The molecule has 6 nitrogen and oxygen atoms in total. The van der Waals surface area contributed by atoms with Gasteiger partial charge in [-0.15, -0.1) is 5.10 Å². The number of nitrogens with zero attached hydrogens (tertiary/aromatic N) is 4. The summed E-state index contributed by atoms with van der Waals surface area (Å²) >= 11 is 7.76. The van der Waals surface area contributed by atoms with Gasteiger partial charge < -0.3 is 10.1 Å². The number of hydrogen-bond donors (Lipinski definition) is 1. The van der Waals surface area contributed by atoms with Crippen LogP contribution in [0.1, 0.15) is 11.1 Å². The van der Waals surface area contributed by atoms with Crippen LogP contribution in [0.15, 0.2) is 17.3 Å². The van der Waals surface area contributed by atoms with Crippen molar-refractivity contribution in [2.24, 2.45) is 0 Å². The maximum absolute atomic E-state index is 6.17. The maximum Gasteiger partial charge on any atom is 0.209 e. The van der Waals surface area contributed by atoms with Crippen molar-refractivity contribution in [1.29, 1.82) is 0 Å². The fourth-order valence-electron chi connectivity index (χ4n) is 2.25. The van der Waals surface area contributed by atoms with Gasteiger partial charge in [0.2, 0.25) is 5.16 Å². The van der Waals surface area contributed by atoms with Crippen LogP contribution in [0.25, 0.3) is 0 Å². The molecule has 0 saturated heterocycles. The second-order valence-electron chi connectivity index (χ2n) is 4.73. The van der Waals surface area contributed by atoms with Crippen LogP contribution in [0.3, 0.4) is 0 Å². The number of halogens is 1. The van der Waals surface area contributed by atoms with Crippen molar-refractivity contribution < 1.29 is 4.74 Å². The van der Waals surface area contributed by atoms with Crippen LogP contribution in [0.2, 0.25) is 5.02 Å². The topological polar surface area (TPSA) is 64.9 Å². The average molecular weight is 326 g/mol. The van der Waals surface area contributed by atoms with E-state index < -0.39 is 0 Å². The molecule has 1 aliphatic heterocycles. The Morgan fingerprint density at radius 2 is 2.38 bits per heavy atom. The van der Waals surface area contributed by atoms with Crippen LogP contribution in [0.5, 0.6) is 5.75 Å². The number of likely N-dealkylation sites (N-methyl/N-ethyl adjacent to an activating group) is 1. The van der Waals surface area contributed by atoms with Crippen molar-refractivity contribution in [3.05, 3.63) is 28.3 Å². The molecule has 0 radical (unpaired) electrons. The molecule has 0 atom stereocenters. The van der Waals surface area contributed by atoms with Gasteiger partial charge in [0, 0.05) is 29.3 Å². The van der Waals surface area contributed by atoms with Crippen molar-refractivity contribution in [3.8, 4) is 5.75 Å². The Labute approximate surface area is 132 Å². The summed E-state index contributed by atoms with van der Waals surface area (Å²) in [5, 5.41) is 16.4. The SMILES string of the molecule is CNCCn1nnnc1SCc1cc(Cl)cc2c1OCC2. The molecule has 2 aromatic rings.